The van der Waals surface area contributed by atoms with E-state index in [-0.39, 0.29) is 12.6 Å². The molecule has 4 heteroatoms. The SMILES string of the molecule is CC/C(=C(\C1=Cc2ccccc2C1)c1ccc(OCCN2CC(CF)C2)cc1)c1ccccc1Cl. The fourth-order valence-electron chi connectivity index (χ4n) is 5.17. The summed E-state index contributed by atoms with van der Waals surface area (Å²) in [5, 5.41) is 0.777. The first kappa shape index (κ1) is 23.8. The molecule has 0 spiro atoms. The molecule has 5 rings (SSSR count). The van der Waals surface area contributed by atoms with Gasteiger partial charge in [0.15, 0.2) is 0 Å². The van der Waals surface area contributed by atoms with E-state index < -0.39 is 0 Å². The Morgan fingerprint density at radius 3 is 2.46 bits per heavy atom. The van der Waals surface area contributed by atoms with Gasteiger partial charge >= 0.3 is 0 Å². The minimum Gasteiger partial charge on any atom is -0.492 e. The molecule has 1 heterocycles. The first-order valence-electron chi connectivity index (χ1n) is 12.4. The Bertz CT molecular complexity index is 1240. The van der Waals surface area contributed by atoms with E-state index in [0.29, 0.717) is 6.61 Å². The van der Waals surface area contributed by atoms with E-state index in [1.54, 1.807) is 0 Å². The summed E-state index contributed by atoms with van der Waals surface area (Å²) in [7, 11) is 0. The molecule has 0 N–H and O–H groups in total. The minimum atomic E-state index is -0.218. The third-order valence-corrected chi connectivity index (χ3v) is 7.34. The van der Waals surface area contributed by atoms with Crippen LogP contribution in [0.25, 0.3) is 17.2 Å². The van der Waals surface area contributed by atoms with E-state index in [0.717, 1.165) is 48.8 Å². The maximum absolute atomic E-state index is 12.6. The van der Waals surface area contributed by atoms with Gasteiger partial charge in [-0.3, -0.25) is 9.29 Å². The Morgan fingerprint density at radius 1 is 1.00 bits per heavy atom. The number of benzene rings is 3. The van der Waals surface area contributed by atoms with E-state index >= 15 is 0 Å². The van der Waals surface area contributed by atoms with Crippen molar-refractivity contribution in [1.82, 2.24) is 4.90 Å². The summed E-state index contributed by atoms with van der Waals surface area (Å²) in [4.78, 5) is 2.24. The lowest BCUT2D eigenvalue weighted by atomic mass is 9.87. The van der Waals surface area contributed by atoms with E-state index in [4.69, 9.17) is 16.3 Å². The summed E-state index contributed by atoms with van der Waals surface area (Å²) in [6, 6.07) is 25.1. The first-order chi connectivity index (χ1) is 17.2. The van der Waals surface area contributed by atoms with Gasteiger partial charge in [0.2, 0.25) is 0 Å². The number of hydrogen-bond acceptors (Lipinski definition) is 2. The molecule has 35 heavy (non-hydrogen) atoms. The second-order valence-corrected chi connectivity index (χ2v) is 9.79. The summed E-state index contributed by atoms with van der Waals surface area (Å²) in [5.74, 6) is 1.07. The summed E-state index contributed by atoms with van der Waals surface area (Å²) < 4.78 is 18.6. The van der Waals surface area contributed by atoms with Crippen LogP contribution >= 0.6 is 11.6 Å². The number of likely N-dealkylation sites (tertiary alicyclic amines) is 1. The number of fused-ring (bicyclic) bond motifs is 1. The second-order valence-electron chi connectivity index (χ2n) is 9.38. The van der Waals surface area contributed by atoms with Crippen LogP contribution in [-0.4, -0.2) is 37.8 Å². The highest BCUT2D eigenvalue weighted by Gasteiger charge is 2.26. The van der Waals surface area contributed by atoms with Crippen LogP contribution < -0.4 is 4.74 Å². The summed E-state index contributed by atoms with van der Waals surface area (Å²) in [5.41, 5.74) is 8.72. The molecule has 2 nitrogen and oxygen atoms in total. The van der Waals surface area contributed by atoms with Crippen molar-refractivity contribution < 1.29 is 9.13 Å². The van der Waals surface area contributed by atoms with E-state index in [1.807, 2.05) is 12.1 Å². The second kappa shape index (κ2) is 10.8. The van der Waals surface area contributed by atoms with Gasteiger partial charge in [0, 0.05) is 30.6 Å². The molecule has 0 unspecified atom stereocenters. The predicted octanol–water partition coefficient (Wildman–Crippen LogP) is 7.58. The lowest BCUT2D eigenvalue weighted by molar-refractivity contribution is 0.0668. The maximum Gasteiger partial charge on any atom is 0.119 e. The molecular weight excluding hydrogens is 457 g/mol. The lowest BCUT2D eigenvalue weighted by Gasteiger charge is -2.37. The van der Waals surface area contributed by atoms with Gasteiger partial charge < -0.3 is 4.74 Å². The van der Waals surface area contributed by atoms with Crippen molar-refractivity contribution in [3.8, 4) is 5.75 Å². The molecule has 1 aliphatic heterocycles. The normalized spacial score (nSPS) is 16.4. The molecule has 0 radical (unpaired) electrons. The third-order valence-electron chi connectivity index (χ3n) is 7.01. The Hall–Kier alpha value is -2.88. The number of allylic oxidation sites excluding steroid dienone is 3. The van der Waals surface area contributed by atoms with Gasteiger partial charge in [0.1, 0.15) is 12.4 Å². The average Bonchev–Trinajstić information content (AvgIpc) is 3.29. The average molecular weight is 488 g/mol. The Morgan fingerprint density at radius 2 is 1.74 bits per heavy atom. The van der Waals surface area contributed by atoms with Crippen molar-refractivity contribution in [3.63, 3.8) is 0 Å². The molecular formula is C31H31ClFNO. The van der Waals surface area contributed by atoms with Gasteiger partial charge in [0.05, 0.1) is 6.67 Å². The first-order valence-corrected chi connectivity index (χ1v) is 12.8. The smallest absolute Gasteiger partial charge is 0.119 e. The monoisotopic (exact) mass is 487 g/mol. The predicted molar refractivity (Wildman–Crippen MR) is 145 cm³/mol. The maximum atomic E-state index is 12.6. The van der Waals surface area contributed by atoms with E-state index in [9.17, 15) is 4.39 Å². The highest BCUT2D eigenvalue weighted by molar-refractivity contribution is 6.32. The lowest BCUT2D eigenvalue weighted by Crippen LogP contribution is -2.49. The van der Waals surface area contributed by atoms with Crippen LogP contribution in [0.1, 0.15) is 35.6 Å². The van der Waals surface area contributed by atoms with E-state index in [1.165, 1.54) is 33.4 Å². The molecule has 0 atom stereocenters. The number of ether oxygens (including phenoxy) is 1. The van der Waals surface area contributed by atoms with Gasteiger partial charge in [0.25, 0.3) is 0 Å². The summed E-state index contributed by atoms with van der Waals surface area (Å²) in [6.07, 6.45) is 4.10. The van der Waals surface area contributed by atoms with Gasteiger partial charge in [-0.1, -0.05) is 79.2 Å². The molecule has 2 aliphatic rings. The molecule has 0 bridgehead atoms. The van der Waals surface area contributed by atoms with Crippen molar-refractivity contribution in [3.05, 3.63) is 106 Å². The highest BCUT2D eigenvalue weighted by atomic mass is 35.5. The van der Waals surface area contributed by atoms with Crippen LogP contribution in [-0.2, 0) is 6.42 Å². The molecule has 3 aromatic carbocycles. The number of alkyl halides is 1. The third kappa shape index (κ3) is 5.22. The topological polar surface area (TPSA) is 12.5 Å². The number of hydrogen-bond donors (Lipinski definition) is 0. The number of halogens is 2. The minimum absolute atomic E-state index is 0.210. The molecule has 0 aromatic heterocycles. The van der Waals surface area contributed by atoms with Crippen LogP contribution in [0, 0.1) is 5.92 Å². The quantitative estimate of drug-likeness (QED) is 0.288. The fourth-order valence-corrected chi connectivity index (χ4v) is 5.42. The summed E-state index contributed by atoms with van der Waals surface area (Å²) in [6.45, 7) is 5.10. The zero-order chi connectivity index (χ0) is 24.2. The van der Waals surface area contributed by atoms with Crippen molar-refractivity contribution in [1.29, 1.82) is 0 Å². The molecule has 1 fully saturated rings. The molecule has 0 saturated carbocycles. The van der Waals surface area contributed by atoms with Crippen molar-refractivity contribution in [2.75, 3.05) is 32.9 Å². The van der Waals surface area contributed by atoms with Gasteiger partial charge in [-0.2, -0.15) is 0 Å². The van der Waals surface area contributed by atoms with Crippen LogP contribution in [0.3, 0.4) is 0 Å². The van der Waals surface area contributed by atoms with Crippen LogP contribution in [0.15, 0.2) is 78.4 Å². The Kier molecular flexibility index (Phi) is 7.36. The highest BCUT2D eigenvalue weighted by Crippen LogP contribution is 2.41. The van der Waals surface area contributed by atoms with Crippen molar-refractivity contribution in [2.45, 2.75) is 19.8 Å². The zero-order valence-electron chi connectivity index (χ0n) is 20.1. The number of nitrogens with zero attached hydrogens (tertiary/aromatic N) is 1. The standard InChI is InChI=1S/C31H31ClFNO/c1-2-28(29-9-5-6-10-30(29)32)31(26-17-24-7-3-4-8-25(24)18-26)23-11-13-27(14-12-23)35-16-15-34-20-22(19-33)21-34/h3-14,17,22H,2,15-16,18-21H2,1H3/b31-28+. The fraction of sp³-hybridized carbons (Fsp3) is 0.290. The largest absolute Gasteiger partial charge is 0.492 e. The molecule has 180 valence electrons. The molecule has 3 aromatic rings. The molecule has 1 aliphatic carbocycles. The summed E-state index contributed by atoms with van der Waals surface area (Å²) >= 11 is 6.67. The molecule has 1 saturated heterocycles. The van der Waals surface area contributed by atoms with Gasteiger partial charge in [-0.25, -0.2) is 0 Å². The van der Waals surface area contributed by atoms with Crippen LogP contribution in [0.4, 0.5) is 4.39 Å². The van der Waals surface area contributed by atoms with Crippen molar-refractivity contribution >= 4 is 28.8 Å². The number of rotatable bonds is 9. The van der Waals surface area contributed by atoms with E-state index in [2.05, 4.69) is 78.6 Å². The zero-order valence-corrected chi connectivity index (χ0v) is 20.9. The van der Waals surface area contributed by atoms with Crippen molar-refractivity contribution in [2.24, 2.45) is 5.92 Å². The Labute approximate surface area is 212 Å². The van der Waals surface area contributed by atoms with Crippen LogP contribution in [0.5, 0.6) is 5.75 Å². The Balaban J connectivity index is 1.42. The van der Waals surface area contributed by atoms with Gasteiger partial charge in [-0.15, -0.1) is 0 Å². The van der Waals surface area contributed by atoms with Gasteiger partial charge in [-0.05, 0) is 70.0 Å². The van der Waals surface area contributed by atoms with Crippen LogP contribution in [0.2, 0.25) is 5.02 Å². The molecule has 0 amide bonds.